The average Bonchev–Trinajstić information content (AvgIpc) is 2.82. The van der Waals surface area contributed by atoms with E-state index >= 15 is 0 Å². The predicted molar refractivity (Wildman–Crippen MR) is 70.5 cm³/mol. The molecule has 94 valence electrons. The largest absolute Gasteiger partial charge is 0.375 e. The predicted octanol–water partition coefficient (Wildman–Crippen LogP) is 2.30. The van der Waals surface area contributed by atoms with E-state index in [0.717, 1.165) is 30.2 Å². The Bertz CT molecular complexity index is 421. The first-order chi connectivity index (χ1) is 8.25. The second kappa shape index (κ2) is 6.14. The highest BCUT2D eigenvalue weighted by molar-refractivity contribution is 7.15. The smallest absolute Gasteiger partial charge is 0.193 e. The number of hydrogen-bond donors (Lipinski definition) is 1. The highest BCUT2D eigenvalue weighted by Gasteiger charge is 2.02. The zero-order chi connectivity index (χ0) is 12.1. The molecule has 2 rings (SSSR count). The van der Waals surface area contributed by atoms with Crippen molar-refractivity contribution in [2.45, 2.75) is 32.9 Å². The molecule has 5 heteroatoms. The van der Waals surface area contributed by atoms with Gasteiger partial charge in [-0.1, -0.05) is 13.8 Å². The Balaban J connectivity index is 1.64. The second-order valence-corrected chi connectivity index (χ2v) is 5.21. The summed E-state index contributed by atoms with van der Waals surface area (Å²) in [7, 11) is 0. The molecule has 1 N–H and O–H groups in total. The lowest BCUT2D eigenvalue weighted by molar-refractivity contribution is 0.116. The zero-order valence-corrected chi connectivity index (χ0v) is 11.2. The van der Waals surface area contributed by atoms with E-state index in [-0.39, 0.29) is 0 Å². The summed E-state index contributed by atoms with van der Waals surface area (Å²) < 4.78 is 7.62. The summed E-state index contributed by atoms with van der Waals surface area (Å²) in [6, 6.07) is 0.551. The highest BCUT2D eigenvalue weighted by Crippen LogP contribution is 2.11. The SMILES string of the molecule is CC(C)NCCCOCc1cn2ccsc2n1. The van der Waals surface area contributed by atoms with Gasteiger partial charge in [0.15, 0.2) is 4.96 Å². The monoisotopic (exact) mass is 253 g/mol. The van der Waals surface area contributed by atoms with Crippen molar-refractivity contribution in [3.05, 3.63) is 23.5 Å². The minimum absolute atomic E-state index is 0.551. The van der Waals surface area contributed by atoms with Crippen LogP contribution in [0.15, 0.2) is 17.8 Å². The van der Waals surface area contributed by atoms with E-state index in [1.165, 1.54) is 0 Å². The molecular weight excluding hydrogens is 234 g/mol. The second-order valence-electron chi connectivity index (χ2n) is 4.34. The molecule has 0 aliphatic carbocycles. The number of nitrogens with zero attached hydrogens (tertiary/aromatic N) is 2. The van der Waals surface area contributed by atoms with Crippen molar-refractivity contribution in [3.8, 4) is 0 Å². The number of imidazole rings is 1. The third-order valence-electron chi connectivity index (χ3n) is 2.41. The first kappa shape index (κ1) is 12.5. The molecule has 0 aliphatic rings. The molecule has 0 bridgehead atoms. The van der Waals surface area contributed by atoms with Crippen LogP contribution in [0.25, 0.3) is 4.96 Å². The molecule has 0 aliphatic heterocycles. The Labute approximate surface area is 106 Å². The van der Waals surface area contributed by atoms with Crippen LogP contribution in [0.4, 0.5) is 0 Å². The minimum Gasteiger partial charge on any atom is -0.375 e. The maximum atomic E-state index is 5.59. The summed E-state index contributed by atoms with van der Waals surface area (Å²) in [4.78, 5) is 5.49. The fraction of sp³-hybridized carbons (Fsp3) is 0.583. The Morgan fingerprint density at radius 1 is 1.53 bits per heavy atom. The van der Waals surface area contributed by atoms with Crippen molar-refractivity contribution < 1.29 is 4.74 Å². The molecule has 0 radical (unpaired) electrons. The van der Waals surface area contributed by atoms with E-state index in [1.807, 2.05) is 22.2 Å². The maximum absolute atomic E-state index is 5.59. The molecule has 0 amide bonds. The van der Waals surface area contributed by atoms with Gasteiger partial charge in [-0.3, -0.25) is 4.40 Å². The van der Waals surface area contributed by atoms with E-state index in [0.29, 0.717) is 12.6 Å². The maximum Gasteiger partial charge on any atom is 0.193 e. The lowest BCUT2D eigenvalue weighted by Gasteiger charge is -2.07. The number of aromatic nitrogens is 2. The minimum atomic E-state index is 0.551. The highest BCUT2D eigenvalue weighted by atomic mass is 32.1. The van der Waals surface area contributed by atoms with Gasteiger partial charge in [0.1, 0.15) is 0 Å². The topological polar surface area (TPSA) is 38.6 Å². The van der Waals surface area contributed by atoms with E-state index in [2.05, 4.69) is 24.1 Å². The lowest BCUT2D eigenvalue weighted by Crippen LogP contribution is -2.24. The molecule has 2 heterocycles. The van der Waals surface area contributed by atoms with Crippen molar-refractivity contribution >= 4 is 16.3 Å². The standard InChI is InChI=1S/C12H19N3OS/c1-10(2)13-4-3-6-16-9-11-8-15-5-7-17-12(15)14-11/h5,7-8,10,13H,3-4,6,9H2,1-2H3. The number of thiazole rings is 1. The van der Waals surface area contributed by atoms with Crippen molar-refractivity contribution in [3.63, 3.8) is 0 Å². The number of nitrogens with one attached hydrogen (secondary N) is 1. The number of ether oxygens (including phenoxy) is 1. The quantitative estimate of drug-likeness (QED) is 0.770. The first-order valence-corrected chi connectivity index (χ1v) is 6.86. The van der Waals surface area contributed by atoms with Crippen LogP contribution in [0, 0.1) is 0 Å². The molecule has 4 nitrogen and oxygen atoms in total. The van der Waals surface area contributed by atoms with Crippen LogP contribution in [0.3, 0.4) is 0 Å². The summed E-state index contributed by atoms with van der Waals surface area (Å²) in [5.74, 6) is 0. The Kier molecular flexibility index (Phi) is 4.53. The first-order valence-electron chi connectivity index (χ1n) is 5.98. The van der Waals surface area contributed by atoms with Gasteiger partial charge in [-0.25, -0.2) is 4.98 Å². The zero-order valence-electron chi connectivity index (χ0n) is 10.3. The normalized spacial score (nSPS) is 11.7. The molecule has 17 heavy (non-hydrogen) atoms. The van der Waals surface area contributed by atoms with E-state index in [4.69, 9.17) is 4.74 Å². The summed E-state index contributed by atoms with van der Waals surface area (Å²) >= 11 is 1.64. The van der Waals surface area contributed by atoms with Crippen LogP contribution in [-0.2, 0) is 11.3 Å². The molecule has 0 aromatic carbocycles. The van der Waals surface area contributed by atoms with Crippen molar-refractivity contribution in [2.75, 3.05) is 13.2 Å². The van der Waals surface area contributed by atoms with Gasteiger partial charge in [0.05, 0.1) is 12.3 Å². The molecule has 0 atom stereocenters. The number of hydrogen-bond acceptors (Lipinski definition) is 4. The van der Waals surface area contributed by atoms with Gasteiger partial charge in [-0.2, -0.15) is 0 Å². The van der Waals surface area contributed by atoms with Gasteiger partial charge < -0.3 is 10.1 Å². The van der Waals surface area contributed by atoms with E-state index < -0.39 is 0 Å². The molecule has 0 saturated carbocycles. The van der Waals surface area contributed by atoms with Gasteiger partial charge in [-0.05, 0) is 13.0 Å². The third-order valence-corrected chi connectivity index (χ3v) is 3.18. The van der Waals surface area contributed by atoms with Crippen LogP contribution in [0.2, 0.25) is 0 Å². The van der Waals surface area contributed by atoms with Gasteiger partial charge in [0.2, 0.25) is 0 Å². The van der Waals surface area contributed by atoms with Crippen LogP contribution in [-0.4, -0.2) is 28.6 Å². The fourth-order valence-corrected chi connectivity index (χ4v) is 2.31. The summed E-state index contributed by atoms with van der Waals surface area (Å²) in [5.41, 5.74) is 1.01. The van der Waals surface area contributed by atoms with Crippen molar-refractivity contribution in [2.24, 2.45) is 0 Å². The fourth-order valence-electron chi connectivity index (χ4n) is 1.59. The van der Waals surface area contributed by atoms with E-state index in [1.54, 1.807) is 11.3 Å². The Morgan fingerprint density at radius 3 is 3.18 bits per heavy atom. The van der Waals surface area contributed by atoms with Gasteiger partial charge in [-0.15, -0.1) is 11.3 Å². The molecule has 2 aromatic heterocycles. The summed E-state index contributed by atoms with van der Waals surface area (Å²) in [6.45, 7) is 6.70. The van der Waals surface area contributed by atoms with Gasteiger partial charge in [0, 0.05) is 30.4 Å². The van der Waals surface area contributed by atoms with Crippen LogP contribution >= 0.6 is 11.3 Å². The van der Waals surface area contributed by atoms with Crippen molar-refractivity contribution in [1.29, 1.82) is 0 Å². The number of fused-ring (bicyclic) bond motifs is 1. The molecule has 0 fully saturated rings. The van der Waals surface area contributed by atoms with Gasteiger partial charge in [0.25, 0.3) is 0 Å². The van der Waals surface area contributed by atoms with Crippen LogP contribution in [0.5, 0.6) is 0 Å². The molecular formula is C12H19N3OS. The third kappa shape index (κ3) is 3.80. The lowest BCUT2D eigenvalue weighted by atomic mass is 10.3. The average molecular weight is 253 g/mol. The summed E-state index contributed by atoms with van der Waals surface area (Å²) in [5, 5.41) is 5.40. The van der Waals surface area contributed by atoms with Crippen molar-refractivity contribution in [1.82, 2.24) is 14.7 Å². The molecule has 0 unspecified atom stereocenters. The van der Waals surface area contributed by atoms with Gasteiger partial charge >= 0.3 is 0 Å². The van der Waals surface area contributed by atoms with Crippen LogP contribution in [0.1, 0.15) is 26.0 Å². The van der Waals surface area contributed by atoms with E-state index in [9.17, 15) is 0 Å². The molecule has 0 saturated heterocycles. The number of rotatable bonds is 7. The Morgan fingerprint density at radius 2 is 2.41 bits per heavy atom. The summed E-state index contributed by atoms with van der Waals surface area (Å²) in [6.07, 6.45) is 5.08. The Hall–Kier alpha value is -0.910. The van der Waals surface area contributed by atoms with Crippen LogP contribution < -0.4 is 5.32 Å². The molecule has 0 spiro atoms. The molecule has 2 aromatic rings.